The minimum Gasteiger partial charge on any atom is -0.365 e. The van der Waals surface area contributed by atoms with E-state index in [1.54, 1.807) is 19.4 Å². The lowest BCUT2D eigenvalue weighted by Crippen LogP contribution is -2.19. The number of carbonyl (C=O) groups is 2. The molecule has 2 rings (SSSR count). The van der Waals surface area contributed by atoms with E-state index in [4.69, 9.17) is 5.73 Å². The van der Waals surface area contributed by atoms with E-state index in [9.17, 15) is 9.59 Å². The number of nitrogens with zero attached hydrogens (tertiary/aromatic N) is 3. The van der Waals surface area contributed by atoms with Crippen LogP contribution in [0.5, 0.6) is 0 Å². The van der Waals surface area contributed by atoms with Gasteiger partial charge < -0.3 is 11.1 Å². The van der Waals surface area contributed by atoms with E-state index in [1.165, 1.54) is 22.2 Å². The second-order valence-corrected chi connectivity index (χ2v) is 4.66. The highest BCUT2D eigenvalue weighted by Gasteiger charge is 2.17. The van der Waals surface area contributed by atoms with Crippen LogP contribution in [0.3, 0.4) is 0 Å². The van der Waals surface area contributed by atoms with E-state index in [0.717, 1.165) is 5.01 Å². The maximum absolute atomic E-state index is 11.9. The SMILES string of the molecule is Cc1nc(C(=O)Nc2c(C(N)=O)cnn2C)cs1. The molecule has 0 aliphatic heterocycles. The molecule has 7 nitrogen and oxygen atoms in total. The first-order chi connectivity index (χ1) is 8.49. The van der Waals surface area contributed by atoms with Gasteiger partial charge in [-0.1, -0.05) is 0 Å². The first kappa shape index (κ1) is 12.2. The van der Waals surface area contributed by atoms with Crippen LogP contribution in [0.15, 0.2) is 11.6 Å². The summed E-state index contributed by atoms with van der Waals surface area (Å²) in [5, 5.41) is 8.88. The zero-order chi connectivity index (χ0) is 13.3. The number of carbonyl (C=O) groups excluding carboxylic acids is 2. The fourth-order valence-corrected chi connectivity index (χ4v) is 2.00. The number of amides is 2. The molecule has 2 aromatic rings. The van der Waals surface area contributed by atoms with E-state index >= 15 is 0 Å². The summed E-state index contributed by atoms with van der Waals surface area (Å²) < 4.78 is 1.37. The van der Waals surface area contributed by atoms with Crippen molar-refractivity contribution in [2.45, 2.75) is 6.92 Å². The Labute approximate surface area is 107 Å². The Hall–Kier alpha value is -2.22. The molecule has 18 heavy (non-hydrogen) atoms. The van der Waals surface area contributed by atoms with Gasteiger partial charge in [0, 0.05) is 12.4 Å². The fourth-order valence-electron chi connectivity index (χ4n) is 1.41. The molecular weight excluding hydrogens is 254 g/mol. The Morgan fingerprint density at radius 2 is 2.22 bits per heavy atom. The maximum atomic E-state index is 11.9. The second kappa shape index (κ2) is 4.57. The molecule has 0 aliphatic carbocycles. The Morgan fingerprint density at radius 3 is 2.78 bits per heavy atom. The van der Waals surface area contributed by atoms with Gasteiger partial charge in [0.25, 0.3) is 11.8 Å². The zero-order valence-corrected chi connectivity index (χ0v) is 10.6. The van der Waals surface area contributed by atoms with Crippen molar-refractivity contribution in [3.8, 4) is 0 Å². The lowest BCUT2D eigenvalue weighted by atomic mass is 10.3. The highest BCUT2D eigenvalue weighted by atomic mass is 32.1. The van der Waals surface area contributed by atoms with Gasteiger partial charge in [-0.15, -0.1) is 11.3 Å². The molecule has 0 atom stereocenters. The molecule has 0 aliphatic rings. The summed E-state index contributed by atoms with van der Waals surface area (Å²) in [5.41, 5.74) is 5.65. The van der Waals surface area contributed by atoms with Gasteiger partial charge in [0.05, 0.1) is 11.2 Å². The van der Waals surface area contributed by atoms with E-state index < -0.39 is 11.8 Å². The lowest BCUT2D eigenvalue weighted by molar-refractivity contribution is 0.100. The summed E-state index contributed by atoms with van der Waals surface area (Å²) in [6, 6.07) is 0. The molecule has 94 valence electrons. The number of hydrogen-bond acceptors (Lipinski definition) is 5. The van der Waals surface area contributed by atoms with E-state index in [1.807, 2.05) is 0 Å². The fraction of sp³-hybridized carbons (Fsp3) is 0.200. The standard InChI is InChI=1S/C10H11N5O2S/c1-5-13-7(4-18-5)10(17)14-9-6(8(11)16)3-12-15(9)2/h3-4H,1-2H3,(H2,11,16)(H,14,17). The van der Waals surface area contributed by atoms with Crippen molar-refractivity contribution in [3.05, 3.63) is 27.8 Å². The molecule has 0 unspecified atom stereocenters. The Kier molecular flexibility index (Phi) is 3.11. The van der Waals surface area contributed by atoms with E-state index in [0.29, 0.717) is 5.69 Å². The first-order valence-corrected chi connectivity index (χ1v) is 5.92. The highest BCUT2D eigenvalue weighted by molar-refractivity contribution is 7.09. The van der Waals surface area contributed by atoms with Gasteiger partial charge in [-0.25, -0.2) is 4.98 Å². The van der Waals surface area contributed by atoms with Gasteiger partial charge in [-0.3, -0.25) is 14.3 Å². The molecule has 0 bridgehead atoms. The molecule has 0 aromatic carbocycles. The van der Waals surface area contributed by atoms with Gasteiger partial charge in [0.1, 0.15) is 17.1 Å². The summed E-state index contributed by atoms with van der Waals surface area (Å²) >= 11 is 1.37. The molecule has 3 N–H and O–H groups in total. The first-order valence-electron chi connectivity index (χ1n) is 5.04. The molecule has 0 spiro atoms. The minimum atomic E-state index is -0.646. The maximum Gasteiger partial charge on any atom is 0.276 e. The molecule has 0 saturated heterocycles. The van der Waals surface area contributed by atoms with Crippen molar-refractivity contribution in [2.75, 3.05) is 5.32 Å². The molecular formula is C10H11N5O2S. The van der Waals surface area contributed by atoms with Crippen LogP contribution < -0.4 is 11.1 Å². The quantitative estimate of drug-likeness (QED) is 0.845. The van der Waals surface area contributed by atoms with Crippen LogP contribution in [0.1, 0.15) is 25.9 Å². The topological polar surface area (TPSA) is 103 Å². The van der Waals surface area contributed by atoms with Gasteiger partial charge in [0.15, 0.2) is 0 Å². The number of nitrogens with two attached hydrogens (primary N) is 1. The van der Waals surface area contributed by atoms with Crippen LogP contribution in [0, 0.1) is 6.92 Å². The summed E-state index contributed by atoms with van der Waals surface area (Å²) in [6.45, 7) is 1.81. The Balaban J connectivity index is 2.27. The van der Waals surface area contributed by atoms with Gasteiger partial charge in [-0.2, -0.15) is 5.10 Å². The predicted molar refractivity (Wildman–Crippen MR) is 66.5 cm³/mol. The Morgan fingerprint density at radius 1 is 1.50 bits per heavy atom. The summed E-state index contributed by atoms with van der Waals surface area (Å²) in [4.78, 5) is 27.1. The van der Waals surface area contributed by atoms with Crippen molar-refractivity contribution in [3.63, 3.8) is 0 Å². The molecule has 0 saturated carbocycles. The highest BCUT2D eigenvalue weighted by Crippen LogP contribution is 2.15. The van der Waals surface area contributed by atoms with Crippen molar-refractivity contribution in [1.29, 1.82) is 0 Å². The molecule has 0 radical (unpaired) electrons. The Bertz CT molecular complexity index is 616. The molecule has 2 aromatic heterocycles. The number of aryl methyl sites for hydroxylation is 2. The summed E-state index contributed by atoms with van der Waals surface area (Å²) in [5.74, 6) is -0.781. The van der Waals surface area contributed by atoms with Crippen LogP contribution >= 0.6 is 11.3 Å². The third-order valence-corrected chi connectivity index (χ3v) is 3.06. The monoisotopic (exact) mass is 265 g/mol. The van der Waals surface area contributed by atoms with Gasteiger partial charge in [0.2, 0.25) is 0 Å². The predicted octanol–water partition coefficient (Wildman–Crippen LogP) is 0.536. The smallest absolute Gasteiger partial charge is 0.276 e. The molecule has 0 fully saturated rings. The van der Waals surface area contributed by atoms with Crippen molar-refractivity contribution in [2.24, 2.45) is 12.8 Å². The average molecular weight is 265 g/mol. The van der Waals surface area contributed by atoms with E-state index in [2.05, 4.69) is 15.4 Å². The number of primary amides is 1. The largest absolute Gasteiger partial charge is 0.365 e. The number of anilines is 1. The van der Waals surface area contributed by atoms with Crippen LogP contribution in [0.2, 0.25) is 0 Å². The minimum absolute atomic E-state index is 0.165. The summed E-state index contributed by atoms with van der Waals surface area (Å²) in [7, 11) is 1.61. The molecule has 2 amide bonds. The normalized spacial score (nSPS) is 10.3. The number of thiazole rings is 1. The van der Waals surface area contributed by atoms with E-state index in [-0.39, 0.29) is 11.4 Å². The average Bonchev–Trinajstić information content (AvgIpc) is 2.87. The number of nitrogens with one attached hydrogen (secondary N) is 1. The van der Waals surface area contributed by atoms with Gasteiger partial charge >= 0.3 is 0 Å². The van der Waals surface area contributed by atoms with Crippen LogP contribution in [-0.4, -0.2) is 26.6 Å². The number of hydrogen-bond donors (Lipinski definition) is 2. The van der Waals surface area contributed by atoms with Crippen LogP contribution in [0.25, 0.3) is 0 Å². The zero-order valence-electron chi connectivity index (χ0n) is 9.80. The number of aromatic nitrogens is 3. The van der Waals surface area contributed by atoms with Crippen molar-refractivity contribution >= 4 is 29.0 Å². The van der Waals surface area contributed by atoms with Crippen molar-refractivity contribution < 1.29 is 9.59 Å². The molecule has 2 heterocycles. The molecule has 8 heteroatoms. The van der Waals surface area contributed by atoms with Crippen molar-refractivity contribution in [1.82, 2.24) is 14.8 Å². The number of rotatable bonds is 3. The van der Waals surface area contributed by atoms with Crippen LogP contribution in [0.4, 0.5) is 5.82 Å². The van der Waals surface area contributed by atoms with Crippen LogP contribution in [-0.2, 0) is 7.05 Å². The third-order valence-electron chi connectivity index (χ3n) is 2.29. The summed E-state index contributed by atoms with van der Waals surface area (Å²) in [6.07, 6.45) is 1.31. The van der Waals surface area contributed by atoms with Gasteiger partial charge in [-0.05, 0) is 6.92 Å². The lowest BCUT2D eigenvalue weighted by Gasteiger charge is -2.05. The third kappa shape index (κ3) is 2.23. The second-order valence-electron chi connectivity index (χ2n) is 3.60.